The van der Waals surface area contributed by atoms with Crippen LogP contribution >= 0.6 is 11.3 Å². The van der Waals surface area contributed by atoms with E-state index in [4.69, 9.17) is 10.5 Å². The summed E-state index contributed by atoms with van der Waals surface area (Å²) in [5.41, 5.74) is 5.26. The zero-order valence-corrected chi connectivity index (χ0v) is 19.9. The number of urea groups is 1. The van der Waals surface area contributed by atoms with E-state index in [9.17, 15) is 27.2 Å². The van der Waals surface area contributed by atoms with Crippen LogP contribution in [-0.2, 0) is 9.53 Å². The molecule has 2 atom stereocenters. The number of hydrogen-bond donors (Lipinski definition) is 3. The van der Waals surface area contributed by atoms with E-state index in [1.807, 2.05) is 0 Å². The van der Waals surface area contributed by atoms with Crippen LogP contribution in [0, 0.1) is 5.82 Å². The smallest absolute Gasteiger partial charge is 0.379 e. The first-order chi connectivity index (χ1) is 17.0. The van der Waals surface area contributed by atoms with E-state index in [-0.39, 0.29) is 23.8 Å². The third-order valence-electron chi connectivity index (χ3n) is 6.15. The zero-order valence-electron chi connectivity index (χ0n) is 19.1. The topological polar surface area (TPSA) is 110 Å². The average Bonchev–Trinajstić information content (AvgIpc) is 3.46. The zero-order chi connectivity index (χ0) is 26.1. The molecule has 13 heteroatoms. The number of nitrogens with zero attached hydrogens (tertiary/aromatic N) is 2. The lowest BCUT2D eigenvalue weighted by Gasteiger charge is -2.38. The number of nitrogens with two attached hydrogens (primary N) is 1. The van der Waals surface area contributed by atoms with Gasteiger partial charge in [-0.05, 0) is 48.4 Å². The van der Waals surface area contributed by atoms with Crippen molar-refractivity contribution < 1.29 is 31.9 Å². The van der Waals surface area contributed by atoms with Crippen LogP contribution in [0.3, 0.4) is 0 Å². The van der Waals surface area contributed by atoms with Crippen molar-refractivity contribution in [3.05, 3.63) is 53.8 Å². The molecular weight excluding hydrogens is 502 g/mol. The maximum atomic E-state index is 14.1. The normalized spacial score (nSPS) is 18.7. The fraction of sp³-hybridized carbons (Fsp3) is 0.348. The minimum atomic E-state index is -4.85. The Morgan fingerprint density at radius 3 is 2.56 bits per heavy atom. The Bertz CT molecular complexity index is 1260. The van der Waals surface area contributed by atoms with E-state index >= 15 is 0 Å². The van der Waals surface area contributed by atoms with Crippen molar-refractivity contribution >= 4 is 44.3 Å². The van der Waals surface area contributed by atoms with Gasteiger partial charge in [-0.3, -0.25) is 10.1 Å². The van der Waals surface area contributed by atoms with E-state index in [0.29, 0.717) is 28.9 Å². The Balaban J connectivity index is 1.56. The van der Waals surface area contributed by atoms with Gasteiger partial charge in [-0.1, -0.05) is 17.4 Å². The average molecular weight is 526 g/mol. The monoisotopic (exact) mass is 525 g/mol. The van der Waals surface area contributed by atoms with Gasteiger partial charge >= 0.3 is 12.2 Å². The highest BCUT2D eigenvalue weighted by Crippen LogP contribution is 2.40. The summed E-state index contributed by atoms with van der Waals surface area (Å²) in [4.78, 5) is 30.6. The van der Waals surface area contributed by atoms with Gasteiger partial charge in [0.05, 0.1) is 22.4 Å². The fourth-order valence-electron chi connectivity index (χ4n) is 4.02. The lowest BCUT2D eigenvalue weighted by atomic mass is 9.91. The minimum absolute atomic E-state index is 0.0251. The van der Waals surface area contributed by atoms with Gasteiger partial charge in [-0.25, -0.2) is 14.2 Å². The predicted molar refractivity (Wildman–Crippen MR) is 127 cm³/mol. The number of carbonyl (C=O) groups is 2. The van der Waals surface area contributed by atoms with Gasteiger partial charge in [-0.2, -0.15) is 13.2 Å². The number of likely N-dealkylation sites (N-methyl/N-ethyl adjacent to an activating group) is 1. The van der Waals surface area contributed by atoms with Crippen molar-refractivity contribution in [1.29, 1.82) is 0 Å². The quantitative estimate of drug-likeness (QED) is 0.416. The second-order valence-electron chi connectivity index (χ2n) is 8.44. The van der Waals surface area contributed by atoms with Gasteiger partial charge in [0.1, 0.15) is 5.82 Å². The largest absolute Gasteiger partial charge is 0.404 e. The maximum absolute atomic E-state index is 14.1. The number of hydrogen-bond acceptors (Lipinski definition) is 6. The molecule has 2 aromatic carbocycles. The van der Waals surface area contributed by atoms with Crippen molar-refractivity contribution in [2.24, 2.45) is 5.73 Å². The number of nitrogens with one attached hydrogen (secondary N) is 2. The number of alkyl halides is 3. The summed E-state index contributed by atoms with van der Waals surface area (Å²) >= 11 is 0.955. The minimum Gasteiger partial charge on any atom is -0.379 e. The van der Waals surface area contributed by atoms with E-state index in [2.05, 4.69) is 15.6 Å². The molecule has 1 aromatic heterocycles. The molecule has 36 heavy (non-hydrogen) atoms. The maximum Gasteiger partial charge on any atom is 0.404 e. The van der Waals surface area contributed by atoms with E-state index in [1.54, 1.807) is 0 Å². The highest BCUT2D eigenvalue weighted by Gasteiger charge is 2.51. The Morgan fingerprint density at radius 1 is 1.22 bits per heavy atom. The molecule has 1 fully saturated rings. The summed E-state index contributed by atoms with van der Waals surface area (Å²) in [5.74, 6) is -3.99. The lowest BCUT2D eigenvalue weighted by Crippen LogP contribution is -2.57. The van der Waals surface area contributed by atoms with Crippen molar-refractivity contribution in [2.75, 3.05) is 37.4 Å². The number of halogens is 4. The molecule has 0 saturated carbocycles. The van der Waals surface area contributed by atoms with Gasteiger partial charge < -0.3 is 20.7 Å². The molecule has 1 aliphatic heterocycles. The highest BCUT2D eigenvalue weighted by molar-refractivity contribution is 7.22. The molecule has 4 N–H and O–H groups in total. The third-order valence-corrected chi connectivity index (χ3v) is 7.08. The molecular formula is C23H23F4N5O3S. The molecule has 0 bridgehead atoms. The molecule has 0 aliphatic carbocycles. The van der Waals surface area contributed by atoms with Gasteiger partial charge in [0.15, 0.2) is 11.0 Å². The Hall–Kier alpha value is -3.29. The van der Waals surface area contributed by atoms with Gasteiger partial charge in [0.2, 0.25) is 5.91 Å². The van der Waals surface area contributed by atoms with Crippen LogP contribution in [0.15, 0.2) is 42.5 Å². The first-order valence-corrected chi connectivity index (χ1v) is 11.7. The Morgan fingerprint density at radius 2 is 1.94 bits per heavy atom. The molecule has 0 unspecified atom stereocenters. The van der Waals surface area contributed by atoms with Crippen molar-refractivity contribution in [2.45, 2.75) is 24.1 Å². The first-order valence-electron chi connectivity index (χ1n) is 10.9. The molecule has 2 heterocycles. The highest BCUT2D eigenvalue weighted by atomic mass is 32.1. The SMILES string of the molecule is CN(C(=O)[C@@H](c1ccc2nc(NC(=O)Nc3ccc(F)cc3)sc2c1)C(F)(F)F)[C@]1(CN)CCOC1. The molecule has 192 valence electrons. The van der Waals surface area contributed by atoms with Gasteiger partial charge in [-0.15, -0.1) is 0 Å². The molecule has 0 radical (unpaired) electrons. The Labute approximate surface area is 207 Å². The van der Waals surface area contributed by atoms with Crippen LogP contribution in [0.25, 0.3) is 10.2 Å². The van der Waals surface area contributed by atoms with Crippen LogP contribution in [0.2, 0.25) is 0 Å². The second-order valence-corrected chi connectivity index (χ2v) is 9.47. The van der Waals surface area contributed by atoms with E-state index < -0.39 is 35.4 Å². The molecule has 1 aliphatic rings. The summed E-state index contributed by atoms with van der Waals surface area (Å²) in [6.45, 7) is 0.352. The molecule has 1 saturated heterocycles. The predicted octanol–water partition coefficient (Wildman–Crippen LogP) is 4.30. The molecule has 4 rings (SSSR count). The summed E-state index contributed by atoms with van der Waals surface area (Å²) < 4.78 is 61.1. The summed E-state index contributed by atoms with van der Waals surface area (Å²) in [7, 11) is 1.32. The van der Waals surface area contributed by atoms with Crippen molar-refractivity contribution in [3.63, 3.8) is 0 Å². The van der Waals surface area contributed by atoms with Crippen LogP contribution in [0.1, 0.15) is 17.9 Å². The van der Waals surface area contributed by atoms with E-state index in [0.717, 1.165) is 16.2 Å². The first kappa shape index (κ1) is 25.8. The number of rotatable bonds is 6. The number of aromatic nitrogens is 1. The summed E-state index contributed by atoms with van der Waals surface area (Å²) in [6.07, 6.45) is -4.51. The van der Waals surface area contributed by atoms with Crippen LogP contribution < -0.4 is 16.4 Å². The van der Waals surface area contributed by atoms with Crippen LogP contribution in [0.5, 0.6) is 0 Å². The second kappa shape index (κ2) is 9.99. The number of ether oxygens (including phenoxy) is 1. The number of anilines is 2. The molecule has 3 aromatic rings. The molecule has 0 spiro atoms. The molecule has 3 amide bonds. The van der Waals surface area contributed by atoms with Crippen LogP contribution in [-0.4, -0.2) is 60.3 Å². The lowest BCUT2D eigenvalue weighted by molar-refractivity contribution is -0.174. The van der Waals surface area contributed by atoms with Crippen molar-refractivity contribution in [3.8, 4) is 0 Å². The van der Waals surface area contributed by atoms with Crippen molar-refractivity contribution in [1.82, 2.24) is 9.88 Å². The fourth-order valence-corrected chi connectivity index (χ4v) is 4.93. The number of carbonyl (C=O) groups excluding carboxylic acids is 2. The number of benzene rings is 2. The van der Waals surface area contributed by atoms with E-state index in [1.165, 1.54) is 49.5 Å². The standard InChI is InChI=1S/C23H23F4N5O3S/c1-32(22(11-28)8-9-35-12-22)19(33)18(23(25,26)27)13-2-7-16-17(10-13)36-21(30-16)31-20(34)29-15-5-3-14(24)4-6-15/h2-7,10,18H,8-9,11-12,28H2,1H3,(H2,29,30,31,34)/t18-,22+/m1/s1. The number of fused-ring (bicyclic) bond motifs is 1. The van der Waals surface area contributed by atoms with Gasteiger partial charge in [0.25, 0.3) is 0 Å². The summed E-state index contributed by atoms with van der Waals surface area (Å²) in [5, 5.41) is 5.15. The third kappa shape index (κ3) is 5.27. The van der Waals surface area contributed by atoms with Crippen LogP contribution in [0.4, 0.5) is 33.2 Å². The number of thiazole rings is 1. The van der Waals surface area contributed by atoms with Gasteiger partial charge in [0, 0.05) is 25.9 Å². The molecule has 8 nitrogen and oxygen atoms in total. The number of amides is 3. The Kier molecular flexibility index (Phi) is 7.16. The summed E-state index contributed by atoms with van der Waals surface area (Å²) in [6, 6.07) is 8.27.